The van der Waals surface area contributed by atoms with E-state index in [0.29, 0.717) is 0 Å². The van der Waals surface area contributed by atoms with Crippen molar-refractivity contribution in [2.24, 2.45) is 17.1 Å². The average Bonchev–Trinajstić information content (AvgIpc) is 3.37. The number of hydrogen-bond donors (Lipinski definition) is 6. The van der Waals surface area contributed by atoms with Gasteiger partial charge in [0.2, 0.25) is 11.7 Å². The number of halogens is 1. The molecule has 12 nitrogen and oxygen atoms in total. The summed E-state index contributed by atoms with van der Waals surface area (Å²) in [5.41, 5.74) is -1.03. The third-order valence-electron chi connectivity index (χ3n) is 8.91. The number of rotatable bonds is 5. The lowest BCUT2D eigenvalue weighted by Gasteiger charge is -2.53. The summed E-state index contributed by atoms with van der Waals surface area (Å²) in [6.45, 7) is 3.03. The van der Waals surface area contributed by atoms with Crippen LogP contribution in [0.2, 0.25) is 0 Å². The lowest BCUT2D eigenvalue weighted by Crippen LogP contribution is -2.67. The van der Waals surface area contributed by atoms with Crippen LogP contribution in [0.15, 0.2) is 23.0 Å². The van der Waals surface area contributed by atoms with Crippen LogP contribution < -0.4 is 11.1 Å². The summed E-state index contributed by atoms with van der Waals surface area (Å²) in [5, 5.41) is 47.7. The van der Waals surface area contributed by atoms with Gasteiger partial charge >= 0.3 is 0 Å². The first kappa shape index (κ1) is 28.7. The number of phenolic OH excluding ortho intramolecular Hbond substituents is 1. The Labute approximate surface area is 234 Å². The number of primary amides is 1. The Morgan fingerprint density at radius 2 is 1.83 bits per heavy atom. The van der Waals surface area contributed by atoms with Gasteiger partial charge in [0.25, 0.3) is 5.91 Å². The Kier molecular flexibility index (Phi) is 6.75. The molecule has 13 heteroatoms. The third kappa shape index (κ3) is 4.13. The second-order valence-electron chi connectivity index (χ2n) is 11.9. The molecule has 220 valence electrons. The maximum atomic E-state index is 15.5. The number of aromatic hydroxyl groups is 1. The zero-order chi connectivity index (χ0) is 30.2. The normalized spacial score (nSPS) is 29.9. The molecule has 1 saturated carbocycles. The van der Waals surface area contributed by atoms with Gasteiger partial charge in [0.15, 0.2) is 17.1 Å². The van der Waals surface area contributed by atoms with Gasteiger partial charge in [-0.25, -0.2) is 4.39 Å². The molecule has 41 heavy (non-hydrogen) atoms. The molecule has 5 rings (SSSR count). The number of hydrogen-bond acceptors (Lipinski definition) is 10. The van der Waals surface area contributed by atoms with E-state index in [4.69, 9.17) is 5.73 Å². The van der Waals surface area contributed by atoms with Crippen LogP contribution in [0.4, 0.5) is 10.1 Å². The highest BCUT2D eigenvalue weighted by Crippen LogP contribution is 2.58. The van der Waals surface area contributed by atoms with Crippen molar-refractivity contribution in [3.8, 4) is 5.75 Å². The molecule has 0 radical (unpaired) electrons. The maximum absolute atomic E-state index is 15.5. The summed E-state index contributed by atoms with van der Waals surface area (Å²) < 4.78 is 15.5. The predicted molar refractivity (Wildman–Crippen MR) is 143 cm³/mol. The van der Waals surface area contributed by atoms with Gasteiger partial charge in [0, 0.05) is 28.5 Å². The number of aliphatic hydroxyl groups is 3. The summed E-state index contributed by atoms with van der Waals surface area (Å²) in [7, 11) is 2.99. The molecule has 0 aromatic heterocycles. The van der Waals surface area contributed by atoms with Crippen molar-refractivity contribution in [3.05, 3.63) is 39.9 Å². The summed E-state index contributed by atoms with van der Waals surface area (Å²) >= 11 is 0. The van der Waals surface area contributed by atoms with Crippen LogP contribution in [0, 0.1) is 17.2 Å². The van der Waals surface area contributed by atoms with E-state index in [0.717, 1.165) is 32.0 Å². The van der Waals surface area contributed by atoms with Crippen molar-refractivity contribution in [1.29, 1.82) is 0 Å². The van der Waals surface area contributed by atoms with Crippen molar-refractivity contribution in [1.82, 2.24) is 9.80 Å². The molecule has 1 saturated heterocycles. The van der Waals surface area contributed by atoms with Crippen LogP contribution >= 0.6 is 0 Å². The van der Waals surface area contributed by atoms with Gasteiger partial charge in [-0.1, -0.05) is 6.92 Å². The van der Waals surface area contributed by atoms with Crippen LogP contribution in [0.3, 0.4) is 0 Å². The largest absolute Gasteiger partial charge is 0.508 e. The number of nitrogens with zero attached hydrogens (tertiary/aromatic N) is 2. The van der Waals surface area contributed by atoms with E-state index in [1.807, 2.05) is 4.90 Å². The Hall–Kier alpha value is -3.81. The van der Waals surface area contributed by atoms with Crippen LogP contribution in [0.5, 0.6) is 5.75 Å². The van der Waals surface area contributed by atoms with Gasteiger partial charge in [0.05, 0.1) is 23.8 Å². The molecule has 4 aliphatic rings. The highest BCUT2D eigenvalue weighted by Gasteiger charge is 2.66. The number of likely N-dealkylation sites (tertiary alicyclic amines) is 1. The summed E-state index contributed by atoms with van der Waals surface area (Å²) in [6.07, 6.45) is 1.49. The molecule has 0 bridgehead atoms. The minimum atomic E-state index is -2.82. The first-order valence-corrected chi connectivity index (χ1v) is 13.4. The number of nitrogens with one attached hydrogen (secondary N) is 1. The number of carbonyl (C=O) groups excluding carboxylic acids is 4. The van der Waals surface area contributed by atoms with Crippen molar-refractivity contribution in [3.63, 3.8) is 0 Å². The maximum Gasteiger partial charge on any atom is 0.255 e. The van der Waals surface area contributed by atoms with Gasteiger partial charge < -0.3 is 31.5 Å². The van der Waals surface area contributed by atoms with E-state index in [-0.39, 0.29) is 30.6 Å². The molecule has 1 aliphatic heterocycles. The van der Waals surface area contributed by atoms with Crippen molar-refractivity contribution in [2.75, 3.05) is 39.0 Å². The molecule has 2 amide bonds. The second-order valence-corrected chi connectivity index (χ2v) is 11.9. The quantitative estimate of drug-likeness (QED) is 0.214. The number of carbonyl (C=O) groups is 4. The number of fused-ring (bicyclic) bond motifs is 3. The highest BCUT2D eigenvalue weighted by molar-refractivity contribution is 6.24. The van der Waals surface area contributed by atoms with E-state index in [1.54, 1.807) is 6.92 Å². The molecule has 1 heterocycles. The minimum absolute atomic E-state index is 0.0236. The molecule has 3 aliphatic carbocycles. The molecule has 1 aromatic rings. The summed E-state index contributed by atoms with van der Waals surface area (Å²) in [4.78, 5) is 55.3. The molecule has 0 unspecified atom stereocenters. The molecular weight excluding hydrogens is 539 g/mol. The SMILES string of the molecule is CN(C)[C@@H]1C(=O)C(C(N)=O)=C(O)[C@@]2(O)C(=O)C3=C(O)c4c(O)c(NC(=O)CN5CCCC5)cc(F)c4C[C@@]3(C)C[C@@H]12. The lowest BCUT2D eigenvalue weighted by molar-refractivity contribution is -0.156. The fourth-order valence-electron chi connectivity index (χ4n) is 7.07. The van der Waals surface area contributed by atoms with E-state index in [2.05, 4.69) is 5.32 Å². The van der Waals surface area contributed by atoms with E-state index >= 15 is 4.39 Å². The zero-order valence-corrected chi connectivity index (χ0v) is 23.0. The van der Waals surface area contributed by atoms with Crippen LogP contribution in [-0.4, -0.2) is 99.0 Å². The van der Waals surface area contributed by atoms with Gasteiger partial charge in [-0.15, -0.1) is 0 Å². The lowest BCUT2D eigenvalue weighted by atomic mass is 9.52. The zero-order valence-electron chi connectivity index (χ0n) is 23.0. The van der Waals surface area contributed by atoms with Gasteiger partial charge in [0.1, 0.15) is 22.9 Å². The number of phenols is 1. The first-order chi connectivity index (χ1) is 19.1. The number of aliphatic hydroxyl groups excluding tert-OH is 2. The van der Waals surface area contributed by atoms with E-state index in [9.17, 15) is 39.6 Å². The van der Waals surface area contributed by atoms with Crippen molar-refractivity contribution < 1.29 is 44.0 Å². The Bertz CT molecular complexity index is 1460. The first-order valence-electron chi connectivity index (χ1n) is 13.4. The number of nitrogens with two attached hydrogens (primary N) is 1. The van der Waals surface area contributed by atoms with Crippen molar-refractivity contribution in [2.45, 2.75) is 44.2 Å². The smallest absolute Gasteiger partial charge is 0.255 e. The Balaban J connectivity index is 1.64. The molecule has 2 fully saturated rings. The average molecular weight is 573 g/mol. The van der Waals surface area contributed by atoms with Gasteiger partial charge in [-0.2, -0.15) is 0 Å². The molecule has 1 aromatic carbocycles. The Morgan fingerprint density at radius 3 is 2.41 bits per heavy atom. The second kappa shape index (κ2) is 9.64. The number of Topliss-reactive ketones (excluding diaryl/α,β-unsaturated/α-hetero) is 2. The number of anilines is 1. The summed E-state index contributed by atoms with van der Waals surface area (Å²) in [6, 6.07) is -0.310. The number of amides is 2. The third-order valence-corrected chi connectivity index (χ3v) is 8.91. The van der Waals surface area contributed by atoms with Crippen molar-refractivity contribution >= 4 is 34.8 Å². The fourth-order valence-corrected chi connectivity index (χ4v) is 7.07. The summed E-state index contributed by atoms with van der Waals surface area (Å²) in [5.74, 6) is -8.80. The molecule has 7 N–H and O–H groups in total. The van der Waals surface area contributed by atoms with Gasteiger partial charge in [-0.05, 0) is 52.9 Å². The van der Waals surface area contributed by atoms with Crippen LogP contribution in [0.1, 0.15) is 37.3 Å². The molecule has 4 atom stereocenters. The standard InChI is InChI=1S/C28H33FN4O8/c1-27-9-12-14(29)8-15(31-16(34)11-33-6-4-5-7-33)21(35)17(12)22(36)19(27)25(39)28(41)13(10-27)20(32(2)3)23(37)18(24(28)38)26(30)40/h8,13,20,35-36,38,41H,4-7,9-11H2,1-3H3,(H2,30,40)(H,31,34)/t13-,20-,27-,28+/m0/s1. The highest BCUT2D eigenvalue weighted by atomic mass is 19.1. The van der Waals surface area contributed by atoms with E-state index < -0.39 is 86.2 Å². The molecular formula is C28H33FN4O8. The van der Waals surface area contributed by atoms with E-state index in [1.165, 1.54) is 19.0 Å². The van der Waals surface area contributed by atoms with Crippen LogP contribution in [-0.2, 0) is 25.6 Å². The topological polar surface area (TPSA) is 194 Å². The number of ketones is 2. The van der Waals surface area contributed by atoms with Crippen LogP contribution in [0.25, 0.3) is 5.76 Å². The van der Waals surface area contributed by atoms with Gasteiger partial charge in [-0.3, -0.25) is 29.0 Å². The Morgan fingerprint density at radius 1 is 1.20 bits per heavy atom. The number of benzene rings is 1. The number of likely N-dealkylation sites (N-methyl/N-ethyl adjacent to an activating group) is 1. The minimum Gasteiger partial charge on any atom is -0.508 e. The predicted octanol–water partition coefficient (Wildman–Crippen LogP) is 0.528. The molecule has 0 spiro atoms. The fraction of sp³-hybridized carbons (Fsp3) is 0.500. The monoisotopic (exact) mass is 572 g/mol.